The zero-order valence-electron chi connectivity index (χ0n) is 17.0. The molecule has 2 rings (SSSR count). The van der Waals surface area contributed by atoms with Gasteiger partial charge < -0.3 is 20.2 Å². The number of benzene rings is 1. The minimum atomic E-state index is -3.29. The molecule has 0 aliphatic heterocycles. The number of nitrogens with zero attached hydrogens (tertiary/aromatic N) is 1. The molecule has 1 aromatic carbocycles. The van der Waals surface area contributed by atoms with Crippen LogP contribution in [-0.2, 0) is 15.4 Å². The number of aliphatic imine (C=N–C) groups is 1. The number of guanidine groups is 1. The first kappa shape index (κ1) is 25.4. The molecular weight excluding hydrogens is 505 g/mol. The second kappa shape index (κ2) is 11.6. The predicted molar refractivity (Wildman–Crippen MR) is 126 cm³/mol. The molecule has 0 spiro atoms. The SMILES string of the molecule is CCNC(=NCC(C)(O)c1ccc(C)o1)NCCCS(=O)(=O)c1ccccc1.I. The predicted octanol–water partition coefficient (Wildman–Crippen LogP) is 2.83. The highest BCUT2D eigenvalue weighted by molar-refractivity contribution is 14.0. The largest absolute Gasteiger partial charge is 0.463 e. The Hall–Kier alpha value is -1.59. The molecule has 7 nitrogen and oxygen atoms in total. The lowest BCUT2D eigenvalue weighted by molar-refractivity contribution is 0.0428. The van der Waals surface area contributed by atoms with Gasteiger partial charge >= 0.3 is 0 Å². The zero-order chi connectivity index (χ0) is 20.6. The highest BCUT2D eigenvalue weighted by Gasteiger charge is 2.26. The number of nitrogens with one attached hydrogen (secondary N) is 2. The van der Waals surface area contributed by atoms with E-state index in [9.17, 15) is 13.5 Å². The molecule has 0 bridgehead atoms. The number of aliphatic hydroxyl groups is 1. The van der Waals surface area contributed by atoms with E-state index in [1.165, 1.54) is 0 Å². The molecule has 162 valence electrons. The summed E-state index contributed by atoms with van der Waals surface area (Å²) in [5.41, 5.74) is -1.23. The summed E-state index contributed by atoms with van der Waals surface area (Å²) in [5.74, 6) is 1.75. The Morgan fingerprint density at radius 3 is 2.45 bits per heavy atom. The summed E-state index contributed by atoms with van der Waals surface area (Å²) in [6.07, 6.45) is 0.440. The Bertz CT molecular complexity index is 880. The average Bonchev–Trinajstić information content (AvgIpc) is 3.11. The summed E-state index contributed by atoms with van der Waals surface area (Å²) < 4.78 is 30.1. The Kier molecular flexibility index (Phi) is 10.1. The Labute approximate surface area is 189 Å². The Morgan fingerprint density at radius 1 is 1.17 bits per heavy atom. The smallest absolute Gasteiger partial charge is 0.191 e. The van der Waals surface area contributed by atoms with Gasteiger partial charge in [-0.25, -0.2) is 13.4 Å². The number of hydrogen-bond acceptors (Lipinski definition) is 5. The van der Waals surface area contributed by atoms with Crippen LogP contribution in [0.3, 0.4) is 0 Å². The van der Waals surface area contributed by atoms with Crippen LogP contribution in [0, 0.1) is 6.92 Å². The number of aryl methyl sites for hydroxylation is 1. The van der Waals surface area contributed by atoms with E-state index in [1.807, 2.05) is 13.8 Å². The van der Waals surface area contributed by atoms with Crippen molar-refractivity contribution in [2.75, 3.05) is 25.4 Å². The Balaban J connectivity index is 0.00000420. The summed E-state index contributed by atoms with van der Waals surface area (Å²) >= 11 is 0. The topological polar surface area (TPSA) is 104 Å². The van der Waals surface area contributed by atoms with Gasteiger partial charge in [-0.2, -0.15) is 0 Å². The lowest BCUT2D eigenvalue weighted by Crippen LogP contribution is -2.39. The van der Waals surface area contributed by atoms with Crippen LogP contribution in [0.25, 0.3) is 0 Å². The van der Waals surface area contributed by atoms with E-state index in [4.69, 9.17) is 4.42 Å². The van der Waals surface area contributed by atoms with E-state index >= 15 is 0 Å². The van der Waals surface area contributed by atoms with Gasteiger partial charge in [-0.1, -0.05) is 18.2 Å². The van der Waals surface area contributed by atoms with Crippen molar-refractivity contribution in [1.29, 1.82) is 0 Å². The third-order valence-electron chi connectivity index (χ3n) is 4.15. The molecule has 29 heavy (non-hydrogen) atoms. The number of hydrogen-bond donors (Lipinski definition) is 3. The Morgan fingerprint density at radius 2 is 1.86 bits per heavy atom. The molecule has 0 fully saturated rings. The maximum atomic E-state index is 12.3. The maximum absolute atomic E-state index is 12.3. The molecule has 0 amide bonds. The fraction of sp³-hybridized carbons (Fsp3) is 0.450. The van der Waals surface area contributed by atoms with Crippen LogP contribution in [0.15, 0.2) is 56.8 Å². The fourth-order valence-electron chi connectivity index (χ4n) is 2.59. The summed E-state index contributed by atoms with van der Waals surface area (Å²) in [5, 5.41) is 16.8. The standard InChI is InChI=1S/C20H29N3O4S.HI/c1-4-21-19(23-15-20(3,24)18-12-11-16(2)27-18)22-13-8-14-28(25,26)17-9-6-5-7-10-17;/h5-7,9-12,24H,4,8,13-15H2,1-3H3,(H2,21,22,23);1H. The highest BCUT2D eigenvalue weighted by Crippen LogP contribution is 2.23. The normalized spacial score (nSPS) is 14.0. The third kappa shape index (κ3) is 7.98. The molecule has 1 atom stereocenters. The van der Waals surface area contributed by atoms with Crippen molar-refractivity contribution in [3.05, 3.63) is 54.0 Å². The van der Waals surface area contributed by atoms with Crippen LogP contribution in [0.4, 0.5) is 0 Å². The molecular formula is C20H30IN3O4S. The van der Waals surface area contributed by atoms with Crippen molar-refractivity contribution in [2.24, 2.45) is 4.99 Å². The van der Waals surface area contributed by atoms with Crippen LogP contribution in [0.1, 0.15) is 31.8 Å². The first-order valence-electron chi connectivity index (χ1n) is 9.34. The van der Waals surface area contributed by atoms with Crippen LogP contribution < -0.4 is 10.6 Å². The first-order valence-corrected chi connectivity index (χ1v) is 11.0. The molecule has 0 radical (unpaired) electrons. The van der Waals surface area contributed by atoms with E-state index in [-0.39, 0.29) is 36.3 Å². The first-order chi connectivity index (χ1) is 13.2. The van der Waals surface area contributed by atoms with E-state index < -0.39 is 15.4 Å². The van der Waals surface area contributed by atoms with Gasteiger partial charge in [0.05, 0.1) is 17.2 Å². The van der Waals surface area contributed by atoms with Crippen molar-refractivity contribution < 1.29 is 17.9 Å². The molecule has 1 aromatic heterocycles. The van der Waals surface area contributed by atoms with Gasteiger partial charge in [-0.05, 0) is 51.5 Å². The van der Waals surface area contributed by atoms with Gasteiger partial charge in [0.1, 0.15) is 17.1 Å². The fourth-order valence-corrected chi connectivity index (χ4v) is 3.92. The molecule has 1 heterocycles. The third-order valence-corrected chi connectivity index (χ3v) is 5.96. The number of furan rings is 1. The zero-order valence-corrected chi connectivity index (χ0v) is 20.2. The molecule has 0 aliphatic carbocycles. The van der Waals surface area contributed by atoms with Gasteiger partial charge in [0.2, 0.25) is 0 Å². The van der Waals surface area contributed by atoms with Crippen molar-refractivity contribution in [1.82, 2.24) is 10.6 Å². The minimum Gasteiger partial charge on any atom is -0.463 e. The number of sulfone groups is 1. The summed E-state index contributed by atoms with van der Waals surface area (Å²) in [7, 11) is -3.29. The van der Waals surface area contributed by atoms with Gasteiger partial charge in [0.25, 0.3) is 0 Å². The van der Waals surface area contributed by atoms with Gasteiger partial charge in [-0.3, -0.25) is 0 Å². The van der Waals surface area contributed by atoms with Crippen molar-refractivity contribution >= 4 is 39.8 Å². The average molecular weight is 535 g/mol. The molecule has 3 N–H and O–H groups in total. The van der Waals surface area contributed by atoms with Gasteiger partial charge in [-0.15, -0.1) is 24.0 Å². The quantitative estimate of drug-likeness (QED) is 0.198. The monoisotopic (exact) mass is 535 g/mol. The lowest BCUT2D eigenvalue weighted by Gasteiger charge is -2.19. The van der Waals surface area contributed by atoms with Gasteiger partial charge in [0, 0.05) is 13.1 Å². The molecule has 9 heteroatoms. The van der Waals surface area contributed by atoms with E-state index in [2.05, 4.69) is 15.6 Å². The van der Waals surface area contributed by atoms with Crippen molar-refractivity contribution in [3.63, 3.8) is 0 Å². The van der Waals surface area contributed by atoms with E-state index in [0.717, 1.165) is 5.76 Å². The number of halogens is 1. The van der Waals surface area contributed by atoms with Crippen LogP contribution in [0.2, 0.25) is 0 Å². The maximum Gasteiger partial charge on any atom is 0.191 e. The van der Waals surface area contributed by atoms with Crippen LogP contribution in [-0.4, -0.2) is 44.9 Å². The minimum absolute atomic E-state index is 0. The molecule has 0 aliphatic rings. The molecule has 1 unspecified atom stereocenters. The van der Waals surface area contributed by atoms with Crippen molar-refractivity contribution in [2.45, 2.75) is 37.7 Å². The van der Waals surface area contributed by atoms with Crippen LogP contribution in [0.5, 0.6) is 0 Å². The van der Waals surface area contributed by atoms with Gasteiger partial charge in [0.15, 0.2) is 15.8 Å². The lowest BCUT2D eigenvalue weighted by atomic mass is 10.0. The second-order valence-corrected chi connectivity index (χ2v) is 8.90. The molecule has 0 saturated carbocycles. The van der Waals surface area contributed by atoms with E-state index in [1.54, 1.807) is 49.4 Å². The summed E-state index contributed by atoms with van der Waals surface area (Å²) in [6.45, 7) is 6.60. The summed E-state index contributed by atoms with van der Waals surface area (Å²) in [6, 6.07) is 12.0. The van der Waals surface area contributed by atoms with Crippen molar-refractivity contribution in [3.8, 4) is 0 Å². The molecule has 2 aromatic rings. The van der Waals surface area contributed by atoms with E-state index in [0.29, 0.717) is 36.1 Å². The number of rotatable bonds is 9. The summed E-state index contributed by atoms with van der Waals surface area (Å²) in [4.78, 5) is 4.73. The molecule has 0 saturated heterocycles. The highest BCUT2D eigenvalue weighted by atomic mass is 127. The van der Waals surface area contributed by atoms with Crippen LogP contribution >= 0.6 is 24.0 Å². The second-order valence-electron chi connectivity index (χ2n) is 6.79.